The summed E-state index contributed by atoms with van der Waals surface area (Å²) in [4.78, 5) is 28.5. The minimum atomic E-state index is -0.294. The zero-order valence-electron chi connectivity index (χ0n) is 16.3. The molecule has 1 unspecified atom stereocenters. The van der Waals surface area contributed by atoms with Crippen LogP contribution in [0.2, 0.25) is 0 Å². The molecule has 1 saturated heterocycles. The highest BCUT2D eigenvalue weighted by Gasteiger charge is 2.30. The van der Waals surface area contributed by atoms with Crippen LogP contribution in [0.3, 0.4) is 0 Å². The van der Waals surface area contributed by atoms with Crippen LogP contribution in [0.4, 0.5) is 5.69 Å². The van der Waals surface area contributed by atoms with Gasteiger partial charge < -0.3 is 14.3 Å². The Kier molecular flexibility index (Phi) is 5.42. The van der Waals surface area contributed by atoms with E-state index in [9.17, 15) is 9.59 Å². The molecule has 0 N–H and O–H groups in total. The molecule has 1 fully saturated rings. The summed E-state index contributed by atoms with van der Waals surface area (Å²) in [7, 11) is 0. The van der Waals surface area contributed by atoms with Crippen molar-refractivity contribution in [2.24, 2.45) is 0 Å². The van der Waals surface area contributed by atoms with Crippen LogP contribution < -0.4 is 4.90 Å². The van der Waals surface area contributed by atoms with Crippen molar-refractivity contribution in [3.05, 3.63) is 83.7 Å². The summed E-state index contributed by atoms with van der Waals surface area (Å²) in [5.41, 5.74) is 2.80. The quantitative estimate of drug-likeness (QED) is 0.670. The number of hydrogen-bond donors (Lipinski definition) is 0. The Hall–Kier alpha value is -3.41. The number of carbonyl (C=O) groups is 2. The van der Waals surface area contributed by atoms with E-state index in [-0.39, 0.29) is 30.0 Å². The third-order valence-electron chi connectivity index (χ3n) is 5.23. The van der Waals surface area contributed by atoms with Crippen LogP contribution in [0.15, 0.2) is 71.3 Å². The smallest absolute Gasteiger partial charge is 0.293 e. The van der Waals surface area contributed by atoms with Crippen LogP contribution >= 0.6 is 0 Å². The van der Waals surface area contributed by atoms with E-state index in [0.29, 0.717) is 19.5 Å². The van der Waals surface area contributed by atoms with E-state index >= 15 is 0 Å². The summed E-state index contributed by atoms with van der Waals surface area (Å²) < 4.78 is 5.30. The molecule has 0 bridgehead atoms. The molecule has 0 saturated carbocycles. The van der Waals surface area contributed by atoms with Gasteiger partial charge in [0.25, 0.3) is 5.91 Å². The summed E-state index contributed by atoms with van der Waals surface area (Å²) in [6.07, 6.45) is 0.682. The topological polar surface area (TPSA) is 66.7 Å². The van der Waals surface area contributed by atoms with E-state index in [1.165, 1.54) is 10.5 Å². The maximum absolute atomic E-state index is 12.8. The molecule has 2 amide bonds. The summed E-state index contributed by atoms with van der Waals surface area (Å²) in [5, 5.41) is 4.06. The molecule has 1 aliphatic heterocycles. The molecule has 2 aromatic carbocycles. The molecule has 0 aliphatic carbocycles. The van der Waals surface area contributed by atoms with Gasteiger partial charge in [-0.3, -0.25) is 9.59 Å². The molecule has 29 heavy (non-hydrogen) atoms. The van der Waals surface area contributed by atoms with E-state index in [4.69, 9.17) is 4.52 Å². The molecule has 4 rings (SSSR count). The lowest BCUT2D eigenvalue weighted by Crippen LogP contribution is -2.52. The van der Waals surface area contributed by atoms with Crippen LogP contribution in [-0.4, -0.2) is 41.5 Å². The third kappa shape index (κ3) is 4.21. The van der Waals surface area contributed by atoms with Crippen molar-refractivity contribution < 1.29 is 14.1 Å². The van der Waals surface area contributed by atoms with Crippen molar-refractivity contribution in [1.82, 2.24) is 10.1 Å². The number of rotatable bonds is 5. The Bertz CT molecular complexity index is 985. The number of hydrogen-bond acceptors (Lipinski definition) is 4. The van der Waals surface area contributed by atoms with Crippen LogP contribution in [0.1, 0.15) is 34.7 Å². The number of benzene rings is 2. The zero-order valence-corrected chi connectivity index (χ0v) is 16.3. The number of piperazine rings is 1. The van der Waals surface area contributed by atoms with Crippen LogP contribution in [-0.2, 0) is 11.2 Å². The van der Waals surface area contributed by atoms with E-state index in [0.717, 1.165) is 11.4 Å². The van der Waals surface area contributed by atoms with Gasteiger partial charge in [0.15, 0.2) is 0 Å². The first-order chi connectivity index (χ1) is 14.1. The Morgan fingerprint density at radius 3 is 2.45 bits per heavy atom. The van der Waals surface area contributed by atoms with E-state index < -0.39 is 0 Å². The lowest BCUT2D eigenvalue weighted by atomic mass is 9.96. The van der Waals surface area contributed by atoms with Gasteiger partial charge in [-0.1, -0.05) is 60.6 Å². The normalized spacial score (nSPS) is 15.4. The predicted molar refractivity (Wildman–Crippen MR) is 110 cm³/mol. The van der Waals surface area contributed by atoms with E-state index in [1.807, 2.05) is 48.5 Å². The number of carbonyl (C=O) groups excluding carboxylic acids is 2. The maximum atomic E-state index is 12.8. The van der Waals surface area contributed by atoms with Gasteiger partial charge in [-0.2, -0.15) is 0 Å². The summed E-state index contributed by atoms with van der Waals surface area (Å²) in [6, 6.07) is 21.3. The van der Waals surface area contributed by atoms with Crippen LogP contribution in [0.5, 0.6) is 0 Å². The van der Waals surface area contributed by atoms with Gasteiger partial charge in [0.2, 0.25) is 11.7 Å². The first-order valence-electron chi connectivity index (χ1n) is 9.77. The van der Waals surface area contributed by atoms with Gasteiger partial charge in [0, 0.05) is 24.8 Å². The van der Waals surface area contributed by atoms with Crippen LogP contribution in [0.25, 0.3) is 0 Å². The van der Waals surface area contributed by atoms with Gasteiger partial charge in [-0.05, 0) is 30.0 Å². The summed E-state index contributed by atoms with van der Waals surface area (Å²) in [5.74, 6) is 0.0480. The second kappa shape index (κ2) is 8.31. The van der Waals surface area contributed by atoms with Crippen molar-refractivity contribution in [2.45, 2.75) is 19.3 Å². The van der Waals surface area contributed by atoms with Crippen molar-refractivity contribution in [1.29, 1.82) is 0 Å². The molecule has 1 aliphatic rings. The standard InChI is InChI=1S/C23H23N3O3/c1-17(18-8-4-2-5-9-18)14-19-15-21(29-24-19)23(28)25-12-13-26(22(27)16-25)20-10-6-3-7-11-20/h2-11,15,17H,12-14,16H2,1H3. The van der Waals surface area contributed by atoms with Crippen molar-refractivity contribution >= 4 is 17.5 Å². The van der Waals surface area contributed by atoms with Gasteiger partial charge in [-0.25, -0.2) is 0 Å². The van der Waals surface area contributed by atoms with Gasteiger partial charge in [0.1, 0.15) is 6.54 Å². The Balaban J connectivity index is 1.39. The highest BCUT2D eigenvalue weighted by atomic mass is 16.5. The van der Waals surface area contributed by atoms with Gasteiger partial charge in [-0.15, -0.1) is 0 Å². The fraction of sp³-hybridized carbons (Fsp3) is 0.261. The fourth-order valence-electron chi connectivity index (χ4n) is 3.61. The number of anilines is 1. The second-order valence-corrected chi connectivity index (χ2v) is 7.31. The molecule has 1 atom stereocenters. The molecule has 148 valence electrons. The fourth-order valence-corrected chi connectivity index (χ4v) is 3.61. The van der Waals surface area contributed by atoms with Crippen molar-refractivity contribution in [3.8, 4) is 0 Å². The van der Waals surface area contributed by atoms with Gasteiger partial charge in [0.05, 0.1) is 5.69 Å². The average molecular weight is 389 g/mol. The molecule has 2 heterocycles. The highest BCUT2D eigenvalue weighted by molar-refractivity contribution is 6.00. The first-order valence-corrected chi connectivity index (χ1v) is 9.77. The van der Waals surface area contributed by atoms with Crippen molar-refractivity contribution in [3.63, 3.8) is 0 Å². The molecule has 6 heteroatoms. The first kappa shape index (κ1) is 18.9. The molecule has 0 radical (unpaired) electrons. The minimum absolute atomic E-state index is 0.0319. The van der Waals surface area contributed by atoms with E-state index in [1.54, 1.807) is 11.0 Å². The molecule has 0 spiro atoms. The lowest BCUT2D eigenvalue weighted by molar-refractivity contribution is -0.120. The highest BCUT2D eigenvalue weighted by Crippen LogP contribution is 2.21. The third-order valence-corrected chi connectivity index (χ3v) is 5.23. The zero-order chi connectivity index (χ0) is 20.2. The van der Waals surface area contributed by atoms with Crippen LogP contribution in [0, 0.1) is 0 Å². The molecule has 3 aromatic rings. The number of nitrogens with zero attached hydrogens (tertiary/aromatic N) is 3. The minimum Gasteiger partial charge on any atom is -0.351 e. The summed E-state index contributed by atoms with van der Waals surface area (Å²) in [6.45, 7) is 3.06. The number of para-hydroxylation sites is 1. The van der Waals surface area contributed by atoms with Gasteiger partial charge >= 0.3 is 0 Å². The predicted octanol–water partition coefficient (Wildman–Crippen LogP) is 3.51. The number of aromatic nitrogens is 1. The molecular weight excluding hydrogens is 366 g/mol. The SMILES string of the molecule is CC(Cc1cc(C(=O)N2CCN(c3ccccc3)C(=O)C2)on1)c1ccccc1. The van der Waals surface area contributed by atoms with Crippen molar-refractivity contribution in [2.75, 3.05) is 24.5 Å². The maximum Gasteiger partial charge on any atom is 0.293 e. The summed E-state index contributed by atoms with van der Waals surface area (Å²) >= 11 is 0. The largest absolute Gasteiger partial charge is 0.351 e. The Labute approximate surface area is 169 Å². The lowest BCUT2D eigenvalue weighted by Gasteiger charge is -2.33. The Morgan fingerprint density at radius 1 is 1.07 bits per heavy atom. The monoisotopic (exact) mass is 389 g/mol. The molecular formula is C23H23N3O3. The molecule has 1 aromatic heterocycles. The Morgan fingerprint density at radius 2 is 1.76 bits per heavy atom. The number of amides is 2. The van der Waals surface area contributed by atoms with E-state index in [2.05, 4.69) is 24.2 Å². The molecule has 6 nitrogen and oxygen atoms in total. The second-order valence-electron chi connectivity index (χ2n) is 7.31. The average Bonchev–Trinajstić information content (AvgIpc) is 3.23.